The zero-order chi connectivity index (χ0) is 23.0. The molecule has 1 aromatic heterocycles. The van der Waals surface area contributed by atoms with E-state index in [2.05, 4.69) is 4.98 Å². The number of nitrogens with zero attached hydrogens (tertiary/aromatic N) is 3. The van der Waals surface area contributed by atoms with Gasteiger partial charge in [0, 0.05) is 0 Å². The summed E-state index contributed by atoms with van der Waals surface area (Å²) in [6.07, 6.45) is -3.41. The van der Waals surface area contributed by atoms with Crippen LogP contribution in [0.2, 0.25) is 5.02 Å². The zero-order valence-electron chi connectivity index (χ0n) is 15.5. The monoisotopic (exact) mass is 493 g/mol. The number of hydrogen-bond acceptors (Lipinski definition) is 7. The highest BCUT2D eigenvalue weighted by atomic mass is 35.5. The first-order valence-electron chi connectivity index (χ1n) is 8.63. The number of aliphatic hydroxyl groups excluding tert-OH is 1. The molecule has 0 saturated carbocycles. The molecular weight excluding hydrogens is 479 g/mol. The van der Waals surface area contributed by atoms with Crippen molar-refractivity contribution < 1.29 is 32.5 Å². The van der Waals surface area contributed by atoms with Crippen LogP contribution in [0.1, 0.15) is 11.3 Å². The van der Waals surface area contributed by atoms with Gasteiger partial charge >= 0.3 is 6.18 Å². The first-order valence-corrected chi connectivity index (χ1v) is 11.3. The van der Waals surface area contributed by atoms with E-state index in [1.807, 2.05) is 6.07 Å². The summed E-state index contributed by atoms with van der Waals surface area (Å²) in [6.45, 7) is -1.34. The van der Waals surface area contributed by atoms with Crippen molar-refractivity contribution in [3.05, 3.63) is 52.8 Å². The summed E-state index contributed by atoms with van der Waals surface area (Å²) in [6, 6.07) is 6.93. The second kappa shape index (κ2) is 9.13. The minimum atomic E-state index is -4.62. The zero-order valence-corrected chi connectivity index (χ0v) is 17.9. The Hall–Kier alpha value is -1.56. The number of β-amino-alcohol motifs (C(OH)–C–C–N with tert-alkyl or cyclic N) is 1. The van der Waals surface area contributed by atoms with Crippen molar-refractivity contribution in [2.75, 3.05) is 19.7 Å². The van der Waals surface area contributed by atoms with Crippen LogP contribution < -0.4 is 0 Å². The lowest BCUT2D eigenvalue weighted by molar-refractivity contribution is -0.137. The molecule has 7 nitrogen and oxygen atoms in total. The molecule has 2 heterocycles. The minimum absolute atomic E-state index is 0.101. The van der Waals surface area contributed by atoms with Crippen LogP contribution >= 0.6 is 11.6 Å². The van der Waals surface area contributed by atoms with E-state index in [1.54, 1.807) is 0 Å². The maximum Gasteiger partial charge on any atom is 0.416 e. The number of pyridine rings is 1. The van der Waals surface area contributed by atoms with Crippen LogP contribution in [-0.4, -0.2) is 59.2 Å². The number of nitriles is 1. The normalized spacial score (nSPS) is 24.0. The summed E-state index contributed by atoms with van der Waals surface area (Å²) >= 11 is 1.94. The molecule has 0 amide bonds. The third kappa shape index (κ3) is 4.94. The fourth-order valence-electron chi connectivity index (χ4n) is 3.06. The predicted octanol–water partition coefficient (Wildman–Crippen LogP) is 1.86. The molecule has 2 aromatic rings. The molecule has 0 radical (unpaired) electrons. The maximum absolute atomic E-state index is 13.0. The van der Waals surface area contributed by atoms with Gasteiger partial charge in [0.2, 0.25) is 0 Å². The van der Waals surface area contributed by atoms with E-state index in [4.69, 9.17) is 16.9 Å². The van der Waals surface area contributed by atoms with Gasteiger partial charge in [-0.2, -0.15) is 18.4 Å². The van der Waals surface area contributed by atoms with E-state index in [9.17, 15) is 32.5 Å². The van der Waals surface area contributed by atoms with E-state index in [0.717, 1.165) is 12.1 Å². The number of halogens is 4. The van der Waals surface area contributed by atoms with Crippen molar-refractivity contribution in [1.29, 1.82) is 5.26 Å². The van der Waals surface area contributed by atoms with E-state index >= 15 is 0 Å². The lowest BCUT2D eigenvalue weighted by Gasteiger charge is -2.27. The van der Waals surface area contributed by atoms with Crippen molar-refractivity contribution >= 4 is 34.1 Å². The lowest BCUT2D eigenvalue weighted by atomic mass is 10.1. The SMILES string of the molecule is N#Cc1ccc([S+]([O-])[C@H]2CN([S+]([O-])c3ccc(C(F)(F)F)cc3Cl)CC2(O)CO)cn1. The van der Waals surface area contributed by atoms with E-state index in [-0.39, 0.29) is 33.6 Å². The van der Waals surface area contributed by atoms with Gasteiger partial charge in [0.15, 0.2) is 20.6 Å². The molecule has 0 spiro atoms. The van der Waals surface area contributed by atoms with E-state index < -0.39 is 51.7 Å². The Morgan fingerprint density at radius 2 is 2.03 bits per heavy atom. The highest BCUT2D eigenvalue weighted by molar-refractivity contribution is 7.92. The van der Waals surface area contributed by atoms with Gasteiger partial charge in [0.05, 0.1) is 47.8 Å². The lowest BCUT2D eigenvalue weighted by Crippen LogP contribution is -2.49. The van der Waals surface area contributed by atoms with Gasteiger partial charge in [-0.15, -0.1) is 4.31 Å². The molecule has 3 unspecified atom stereocenters. The summed E-state index contributed by atoms with van der Waals surface area (Å²) in [7, 11) is 0. The van der Waals surface area contributed by atoms with Gasteiger partial charge in [-0.1, -0.05) is 11.6 Å². The first-order chi connectivity index (χ1) is 14.5. The molecule has 1 saturated heterocycles. The second-order valence-corrected chi connectivity index (χ2v) is 10.3. The Morgan fingerprint density at radius 3 is 2.55 bits per heavy atom. The van der Waals surface area contributed by atoms with Crippen molar-refractivity contribution in [3.8, 4) is 6.07 Å². The largest absolute Gasteiger partial charge is 0.611 e. The number of aromatic nitrogens is 1. The average molecular weight is 494 g/mol. The Bertz CT molecular complexity index is 992. The molecule has 4 atom stereocenters. The molecule has 1 aliphatic rings. The predicted molar refractivity (Wildman–Crippen MR) is 106 cm³/mol. The van der Waals surface area contributed by atoms with Crippen LogP contribution in [0, 0.1) is 11.3 Å². The van der Waals surface area contributed by atoms with Crippen LogP contribution in [0.15, 0.2) is 46.3 Å². The van der Waals surface area contributed by atoms with E-state index in [1.165, 1.54) is 22.6 Å². The first kappa shape index (κ1) is 24.1. The van der Waals surface area contributed by atoms with Crippen molar-refractivity contribution in [3.63, 3.8) is 0 Å². The summed E-state index contributed by atoms with van der Waals surface area (Å²) in [5.41, 5.74) is -2.80. The minimum Gasteiger partial charge on any atom is -0.611 e. The van der Waals surface area contributed by atoms with Gasteiger partial charge < -0.3 is 19.3 Å². The third-order valence-electron chi connectivity index (χ3n) is 4.72. The van der Waals surface area contributed by atoms with Crippen LogP contribution in [-0.2, 0) is 28.7 Å². The van der Waals surface area contributed by atoms with Gasteiger partial charge in [-0.25, -0.2) is 4.98 Å². The van der Waals surface area contributed by atoms with Crippen LogP contribution in [0.3, 0.4) is 0 Å². The smallest absolute Gasteiger partial charge is 0.416 e. The van der Waals surface area contributed by atoms with Crippen molar-refractivity contribution in [2.45, 2.75) is 26.8 Å². The molecule has 1 aromatic carbocycles. The van der Waals surface area contributed by atoms with Gasteiger partial charge in [0.1, 0.15) is 11.8 Å². The maximum atomic E-state index is 13.0. The Labute approximate surface area is 186 Å². The fourth-order valence-corrected chi connectivity index (χ4v) is 6.40. The Morgan fingerprint density at radius 1 is 1.32 bits per heavy atom. The molecule has 31 heavy (non-hydrogen) atoms. The van der Waals surface area contributed by atoms with Crippen LogP contribution in [0.25, 0.3) is 0 Å². The molecule has 2 N–H and O–H groups in total. The topological polar surface area (TPSA) is 126 Å². The molecule has 1 aliphatic heterocycles. The molecule has 0 aliphatic carbocycles. The van der Waals surface area contributed by atoms with Gasteiger partial charge in [-0.3, -0.25) is 0 Å². The van der Waals surface area contributed by atoms with Crippen LogP contribution in [0.4, 0.5) is 13.2 Å². The molecule has 0 bridgehead atoms. The molecule has 3 rings (SSSR count). The van der Waals surface area contributed by atoms with Gasteiger partial charge in [-0.05, 0) is 41.5 Å². The van der Waals surface area contributed by atoms with Gasteiger partial charge in [0.25, 0.3) is 0 Å². The summed E-state index contributed by atoms with van der Waals surface area (Å²) < 4.78 is 65.6. The van der Waals surface area contributed by atoms with Crippen molar-refractivity contribution in [1.82, 2.24) is 9.29 Å². The molecule has 1 fully saturated rings. The molecule has 13 heteroatoms. The van der Waals surface area contributed by atoms with Crippen LogP contribution in [0.5, 0.6) is 0 Å². The number of hydrogen-bond donors (Lipinski definition) is 2. The quantitative estimate of drug-likeness (QED) is 0.609. The Kier molecular flexibility index (Phi) is 7.09. The second-order valence-electron chi connectivity index (χ2n) is 6.75. The van der Waals surface area contributed by atoms with E-state index in [0.29, 0.717) is 6.07 Å². The van der Waals surface area contributed by atoms with Crippen molar-refractivity contribution in [2.24, 2.45) is 0 Å². The number of benzene rings is 1. The standard InChI is InChI=1S/C18H15ClF3N3O4S2/c19-14-5-11(18(20,21)22)1-4-15(14)31(29)25-8-16(17(27,9-25)10-26)30(28)13-3-2-12(6-23)24-7-13/h1-5,7,16,26-27H,8-10H2/t16-,17?,30?,31?/m0/s1. The molecular formula is C18H15ClF3N3O4S2. The average Bonchev–Trinajstić information content (AvgIpc) is 3.10. The number of rotatable bonds is 5. The summed E-state index contributed by atoms with van der Waals surface area (Å²) in [5.74, 6) is 0. The third-order valence-corrected chi connectivity index (χ3v) is 8.43. The number of aliphatic hydroxyl groups is 2. The summed E-state index contributed by atoms with van der Waals surface area (Å²) in [4.78, 5) is 3.90. The highest BCUT2D eigenvalue weighted by Gasteiger charge is 2.56. The molecule has 166 valence electrons. The fraction of sp³-hybridized carbons (Fsp3) is 0.333. The number of alkyl halides is 3. The summed E-state index contributed by atoms with van der Waals surface area (Å²) in [5, 5.41) is 27.9. The highest BCUT2D eigenvalue weighted by Crippen LogP contribution is 2.38. The Balaban J connectivity index is 1.85.